The summed E-state index contributed by atoms with van der Waals surface area (Å²) in [6.07, 6.45) is 1.63. The minimum absolute atomic E-state index is 0.159. The number of nitrogens with zero attached hydrogens (tertiary/aromatic N) is 1. The van der Waals surface area contributed by atoms with Crippen LogP contribution in [0.15, 0.2) is 17.0 Å². The van der Waals surface area contributed by atoms with Gasteiger partial charge >= 0.3 is 5.97 Å². The van der Waals surface area contributed by atoms with Gasteiger partial charge in [0.15, 0.2) is 11.5 Å². The van der Waals surface area contributed by atoms with Gasteiger partial charge in [-0.3, -0.25) is 14.5 Å². The first-order valence-corrected chi connectivity index (χ1v) is 8.58. The number of hydrogen-bond acceptors (Lipinski definition) is 7. The Kier molecular flexibility index (Phi) is 4.71. The Morgan fingerprint density at radius 2 is 2.04 bits per heavy atom. The molecule has 0 radical (unpaired) electrons. The second-order valence-electron chi connectivity index (χ2n) is 5.54. The summed E-state index contributed by atoms with van der Waals surface area (Å²) in [6, 6.07) is 2.62. The minimum atomic E-state index is -0.962. The molecule has 8 heteroatoms. The molecule has 3 rings (SSSR count). The standard InChI is InChI=1S/C17H17NO6S/c1-4-22-16(20)10(3)18-15(19)14(25-17(18)21)7-11-6-13-12(5-9(11)2)23-8-24-13/h5-7,10H,4,8H2,1-3H3/b14-7+/t10-/m0/s1. The third kappa shape index (κ3) is 3.21. The van der Waals surface area contributed by atoms with Crippen LogP contribution < -0.4 is 9.47 Å². The van der Waals surface area contributed by atoms with E-state index in [0.717, 1.165) is 27.8 Å². The van der Waals surface area contributed by atoms with Crippen LogP contribution >= 0.6 is 11.8 Å². The first-order chi connectivity index (χ1) is 11.9. The predicted molar refractivity (Wildman–Crippen MR) is 91.2 cm³/mol. The van der Waals surface area contributed by atoms with Crippen molar-refractivity contribution in [3.63, 3.8) is 0 Å². The number of imide groups is 1. The van der Waals surface area contributed by atoms with E-state index in [4.69, 9.17) is 14.2 Å². The molecule has 0 spiro atoms. The molecule has 25 heavy (non-hydrogen) atoms. The number of carbonyl (C=O) groups is 3. The van der Waals surface area contributed by atoms with Crippen LogP contribution in [0.4, 0.5) is 4.79 Å². The molecule has 1 aromatic rings. The maximum atomic E-state index is 12.6. The first-order valence-electron chi connectivity index (χ1n) is 7.76. The number of benzene rings is 1. The third-order valence-electron chi connectivity index (χ3n) is 3.89. The molecule has 7 nitrogen and oxygen atoms in total. The summed E-state index contributed by atoms with van der Waals surface area (Å²) in [7, 11) is 0. The van der Waals surface area contributed by atoms with Crippen LogP contribution in [-0.2, 0) is 14.3 Å². The number of ether oxygens (including phenoxy) is 3. The maximum absolute atomic E-state index is 12.6. The van der Waals surface area contributed by atoms with Crippen molar-refractivity contribution in [2.24, 2.45) is 0 Å². The highest BCUT2D eigenvalue weighted by molar-refractivity contribution is 8.18. The van der Waals surface area contributed by atoms with Gasteiger partial charge in [0.05, 0.1) is 11.5 Å². The van der Waals surface area contributed by atoms with Crippen molar-refractivity contribution >= 4 is 35.0 Å². The number of esters is 1. The van der Waals surface area contributed by atoms with Gasteiger partial charge < -0.3 is 14.2 Å². The second-order valence-corrected chi connectivity index (χ2v) is 6.53. The Hall–Kier alpha value is -2.48. The fourth-order valence-corrected chi connectivity index (χ4v) is 3.44. The lowest BCUT2D eigenvalue weighted by atomic mass is 10.1. The molecule has 132 valence electrons. The zero-order chi connectivity index (χ0) is 18.1. The molecule has 0 bridgehead atoms. The molecule has 0 aromatic heterocycles. The molecule has 2 amide bonds. The Morgan fingerprint density at radius 3 is 2.72 bits per heavy atom. The van der Waals surface area contributed by atoms with Gasteiger partial charge in [-0.1, -0.05) is 0 Å². The van der Waals surface area contributed by atoms with E-state index >= 15 is 0 Å². The number of aryl methyl sites for hydroxylation is 1. The fraction of sp³-hybridized carbons (Fsp3) is 0.353. The molecule has 0 saturated carbocycles. The molecule has 0 aliphatic carbocycles. The second kappa shape index (κ2) is 6.79. The summed E-state index contributed by atoms with van der Waals surface area (Å²) < 4.78 is 15.5. The lowest BCUT2D eigenvalue weighted by Crippen LogP contribution is -2.42. The molecule has 0 N–H and O–H groups in total. The molecule has 1 atom stereocenters. The summed E-state index contributed by atoms with van der Waals surface area (Å²) in [5, 5.41) is -0.491. The Labute approximate surface area is 148 Å². The van der Waals surface area contributed by atoms with Crippen molar-refractivity contribution < 1.29 is 28.6 Å². The van der Waals surface area contributed by atoms with Crippen molar-refractivity contribution in [1.29, 1.82) is 0 Å². The maximum Gasteiger partial charge on any atom is 0.329 e. The van der Waals surface area contributed by atoms with Gasteiger partial charge in [-0.25, -0.2) is 4.79 Å². The van der Waals surface area contributed by atoms with E-state index in [1.807, 2.05) is 13.0 Å². The van der Waals surface area contributed by atoms with Gasteiger partial charge in [0, 0.05) is 0 Å². The fourth-order valence-electron chi connectivity index (χ4n) is 2.54. The highest BCUT2D eigenvalue weighted by atomic mass is 32.2. The molecule has 1 saturated heterocycles. The average Bonchev–Trinajstić information content (AvgIpc) is 3.11. The van der Waals surface area contributed by atoms with E-state index in [9.17, 15) is 14.4 Å². The van der Waals surface area contributed by atoms with Crippen LogP contribution in [0, 0.1) is 6.92 Å². The Balaban J connectivity index is 1.87. The van der Waals surface area contributed by atoms with E-state index in [1.165, 1.54) is 6.92 Å². The smallest absolute Gasteiger partial charge is 0.329 e. The Morgan fingerprint density at radius 1 is 1.36 bits per heavy atom. The molecular formula is C17H17NO6S. The number of carbonyl (C=O) groups excluding carboxylic acids is 3. The van der Waals surface area contributed by atoms with Crippen LogP contribution in [0.2, 0.25) is 0 Å². The van der Waals surface area contributed by atoms with Crippen LogP contribution in [0.5, 0.6) is 11.5 Å². The van der Waals surface area contributed by atoms with E-state index in [2.05, 4.69) is 0 Å². The van der Waals surface area contributed by atoms with Gasteiger partial charge in [0.25, 0.3) is 11.1 Å². The topological polar surface area (TPSA) is 82.1 Å². The molecular weight excluding hydrogens is 346 g/mol. The first kappa shape index (κ1) is 17.3. The van der Waals surface area contributed by atoms with Crippen LogP contribution in [0.1, 0.15) is 25.0 Å². The van der Waals surface area contributed by atoms with Crippen molar-refractivity contribution in [3.05, 3.63) is 28.2 Å². The molecule has 1 aromatic carbocycles. The number of hydrogen-bond donors (Lipinski definition) is 0. The zero-order valence-electron chi connectivity index (χ0n) is 14.0. The summed E-state index contributed by atoms with van der Waals surface area (Å²) in [4.78, 5) is 37.8. The van der Waals surface area contributed by atoms with E-state index < -0.39 is 23.2 Å². The quantitative estimate of drug-likeness (QED) is 0.601. The molecule has 2 heterocycles. The highest BCUT2D eigenvalue weighted by Crippen LogP contribution is 2.38. The van der Waals surface area contributed by atoms with E-state index in [0.29, 0.717) is 11.5 Å². The van der Waals surface area contributed by atoms with Gasteiger partial charge in [-0.2, -0.15) is 0 Å². The normalized spacial score (nSPS) is 18.8. The van der Waals surface area contributed by atoms with Crippen molar-refractivity contribution in [2.75, 3.05) is 13.4 Å². The molecule has 2 aliphatic rings. The predicted octanol–water partition coefficient (Wildman–Crippen LogP) is 2.71. The largest absolute Gasteiger partial charge is 0.464 e. The van der Waals surface area contributed by atoms with Gasteiger partial charge in [-0.05, 0) is 61.9 Å². The molecule has 0 unspecified atom stereocenters. The number of amides is 2. The van der Waals surface area contributed by atoms with E-state index in [1.54, 1.807) is 19.1 Å². The number of thioether (sulfide) groups is 1. The zero-order valence-corrected chi connectivity index (χ0v) is 14.8. The lowest BCUT2D eigenvalue weighted by Gasteiger charge is -2.19. The summed E-state index contributed by atoms with van der Waals surface area (Å²) in [5.41, 5.74) is 1.63. The van der Waals surface area contributed by atoms with E-state index in [-0.39, 0.29) is 18.3 Å². The van der Waals surface area contributed by atoms with Crippen LogP contribution in [-0.4, -0.2) is 41.5 Å². The SMILES string of the molecule is CCOC(=O)[C@H](C)N1C(=O)S/C(=C/c2cc3c(cc2C)OCO3)C1=O. The number of fused-ring (bicyclic) bond motifs is 1. The monoisotopic (exact) mass is 363 g/mol. The summed E-state index contributed by atoms with van der Waals surface area (Å²) in [6.45, 7) is 5.36. The highest BCUT2D eigenvalue weighted by Gasteiger charge is 2.41. The van der Waals surface area contributed by atoms with Crippen molar-refractivity contribution in [2.45, 2.75) is 26.8 Å². The molecule has 1 fully saturated rings. The van der Waals surface area contributed by atoms with Gasteiger partial charge in [0.1, 0.15) is 6.04 Å². The molecule has 2 aliphatic heterocycles. The lowest BCUT2D eigenvalue weighted by molar-refractivity contribution is -0.150. The van der Waals surface area contributed by atoms with Crippen molar-refractivity contribution in [3.8, 4) is 11.5 Å². The average molecular weight is 363 g/mol. The Bertz CT molecular complexity index is 788. The van der Waals surface area contributed by atoms with Gasteiger partial charge in [0.2, 0.25) is 6.79 Å². The summed E-state index contributed by atoms with van der Waals surface area (Å²) >= 11 is 0.801. The summed E-state index contributed by atoms with van der Waals surface area (Å²) in [5.74, 6) is 0.132. The van der Waals surface area contributed by atoms with Crippen LogP contribution in [0.3, 0.4) is 0 Å². The third-order valence-corrected chi connectivity index (χ3v) is 4.77. The van der Waals surface area contributed by atoms with Crippen molar-refractivity contribution in [1.82, 2.24) is 4.90 Å². The minimum Gasteiger partial charge on any atom is -0.464 e. The number of rotatable bonds is 4. The van der Waals surface area contributed by atoms with Crippen LogP contribution in [0.25, 0.3) is 6.08 Å². The van der Waals surface area contributed by atoms with Gasteiger partial charge in [-0.15, -0.1) is 0 Å².